The van der Waals surface area contributed by atoms with Crippen molar-refractivity contribution in [3.63, 3.8) is 0 Å². The van der Waals surface area contributed by atoms with Crippen LogP contribution in [0.15, 0.2) is 42.6 Å². The zero-order valence-corrected chi connectivity index (χ0v) is 11.7. The van der Waals surface area contributed by atoms with E-state index in [1.165, 1.54) is 11.3 Å². The lowest BCUT2D eigenvalue weighted by Crippen LogP contribution is -2.16. The van der Waals surface area contributed by atoms with Crippen molar-refractivity contribution < 1.29 is 4.74 Å². The number of aryl methyl sites for hydroxylation is 2. The molecule has 0 radical (unpaired) electrons. The molecule has 19 heavy (non-hydrogen) atoms. The third kappa shape index (κ3) is 3.38. The van der Waals surface area contributed by atoms with Crippen LogP contribution in [-0.2, 0) is 13.5 Å². The maximum Gasteiger partial charge on any atom is 0.118 e. The Bertz CT molecular complexity index is 502. The molecule has 1 aromatic carbocycles. The van der Waals surface area contributed by atoms with E-state index < -0.39 is 0 Å². The number of benzene rings is 1. The Hall–Kier alpha value is -1.74. The summed E-state index contributed by atoms with van der Waals surface area (Å²) in [5.74, 6) is 1.32. The molecule has 0 saturated heterocycles. The van der Waals surface area contributed by atoms with E-state index in [1.54, 1.807) is 7.11 Å². The lowest BCUT2D eigenvalue weighted by atomic mass is 9.96. The molecule has 0 spiro atoms. The number of hydrogen-bond acceptors (Lipinski definition) is 2. The van der Waals surface area contributed by atoms with Gasteiger partial charge in [0.2, 0.25) is 0 Å². The molecule has 0 bridgehead atoms. The van der Waals surface area contributed by atoms with Crippen LogP contribution >= 0.6 is 0 Å². The second-order valence-corrected chi connectivity index (χ2v) is 4.86. The standard InChI is InChI=1S/C16H22N2O/c1-18-11-3-4-16(18)14(12-17)8-5-13-6-9-15(19-2)10-7-13/h3-4,6-7,9-11,14H,5,8,12,17H2,1-2H3. The summed E-state index contributed by atoms with van der Waals surface area (Å²) >= 11 is 0. The molecular formula is C16H22N2O. The molecule has 0 aliphatic heterocycles. The summed E-state index contributed by atoms with van der Waals surface area (Å²) in [6.45, 7) is 0.689. The minimum Gasteiger partial charge on any atom is -0.497 e. The summed E-state index contributed by atoms with van der Waals surface area (Å²) in [7, 11) is 3.76. The van der Waals surface area contributed by atoms with Crippen molar-refractivity contribution in [3.05, 3.63) is 53.9 Å². The van der Waals surface area contributed by atoms with Gasteiger partial charge in [-0.25, -0.2) is 0 Å². The summed E-state index contributed by atoms with van der Waals surface area (Å²) < 4.78 is 7.33. The molecule has 3 nitrogen and oxygen atoms in total. The molecule has 0 aliphatic rings. The third-order valence-electron chi connectivity index (χ3n) is 3.63. The Labute approximate surface area is 115 Å². The van der Waals surface area contributed by atoms with Gasteiger partial charge < -0.3 is 15.0 Å². The minimum absolute atomic E-state index is 0.419. The maximum atomic E-state index is 5.91. The Morgan fingerprint density at radius 3 is 2.47 bits per heavy atom. The van der Waals surface area contributed by atoms with Crippen molar-refractivity contribution in [1.29, 1.82) is 0 Å². The highest BCUT2D eigenvalue weighted by Crippen LogP contribution is 2.21. The van der Waals surface area contributed by atoms with E-state index in [4.69, 9.17) is 10.5 Å². The van der Waals surface area contributed by atoms with E-state index in [0.717, 1.165) is 18.6 Å². The summed E-state index contributed by atoms with van der Waals surface area (Å²) in [6.07, 6.45) is 4.18. The molecule has 102 valence electrons. The van der Waals surface area contributed by atoms with E-state index >= 15 is 0 Å². The third-order valence-corrected chi connectivity index (χ3v) is 3.63. The first-order valence-electron chi connectivity index (χ1n) is 6.69. The van der Waals surface area contributed by atoms with E-state index in [9.17, 15) is 0 Å². The van der Waals surface area contributed by atoms with Crippen molar-refractivity contribution in [3.8, 4) is 5.75 Å². The normalized spacial score (nSPS) is 12.4. The van der Waals surface area contributed by atoms with Crippen LogP contribution in [0.4, 0.5) is 0 Å². The van der Waals surface area contributed by atoms with Gasteiger partial charge in [-0.15, -0.1) is 0 Å². The van der Waals surface area contributed by atoms with Crippen LogP contribution in [0.3, 0.4) is 0 Å². The molecule has 1 atom stereocenters. The van der Waals surface area contributed by atoms with Gasteiger partial charge in [-0.2, -0.15) is 0 Å². The lowest BCUT2D eigenvalue weighted by molar-refractivity contribution is 0.414. The van der Waals surface area contributed by atoms with Crippen molar-refractivity contribution >= 4 is 0 Å². The Morgan fingerprint density at radius 1 is 1.21 bits per heavy atom. The van der Waals surface area contributed by atoms with Crippen LogP contribution in [0.2, 0.25) is 0 Å². The van der Waals surface area contributed by atoms with Gasteiger partial charge in [0.25, 0.3) is 0 Å². The van der Waals surface area contributed by atoms with Crippen LogP contribution in [0, 0.1) is 0 Å². The van der Waals surface area contributed by atoms with Crippen molar-refractivity contribution in [2.24, 2.45) is 12.8 Å². The molecular weight excluding hydrogens is 236 g/mol. The largest absolute Gasteiger partial charge is 0.497 e. The molecule has 2 rings (SSSR count). The fourth-order valence-corrected chi connectivity index (χ4v) is 2.42. The second-order valence-electron chi connectivity index (χ2n) is 4.86. The zero-order chi connectivity index (χ0) is 13.7. The number of rotatable bonds is 6. The first kappa shape index (κ1) is 13.7. The fraction of sp³-hybridized carbons (Fsp3) is 0.375. The fourth-order valence-electron chi connectivity index (χ4n) is 2.42. The summed E-state index contributed by atoms with van der Waals surface area (Å²) in [5, 5.41) is 0. The maximum absolute atomic E-state index is 5.91. The number of hydrogen-bond donors (Lipinski definition) is 1. The highest BCUT2D eigenvalue weighted by molar-refractivity contribution is 5.27. The second kappa shape index (κ2) is 6.43. The van der Waals surface area contributed by atoms with Gasteiger partial charge in [0, 0.05) is 31.4 Å². The van der Waals surface area contributed by atoms with Gasteiger partial charge >= 0.3 is 0 Å². The lowest BCUT2D eigenvalue weighted by Gasteiger charge is -2.16. The minimum atomic E-state index is 0.419. The molecule has 2 N–H and O–H groups in total. The Kier molecular flexibility index (Phi) is 4.63. The molecule has 2 aromatic rings. The molecule has 1 heterocycles. The Morgan fingerprint density at radius 2 is 1.95 bits per heavy atom. The summed E-state index contributed by atoms with van der Waals surface area (Å²) in [6, 6.07) is 12.5. The van der Waals surface area contributed by atoms with Crippen molar-refractivity contribution in [2.75, 3.05) is 13.7 Å². The number of methoxy groups -OCH3 is 1. The first-order valence-corrected chi connectivity index (χ1v) is 6.69. The topological polar surface area (TPSA) is 40.2 Å². The Balaban J connectivity index is 1.98. The van der Waals surface area contributed by atoms with Gasteiger partial charge in [0.1, 0.15) is 5.75 Å². The van der Waals surface area contributed by atoms with Crippen LogP contribution < -0.4 is 10.5 Å². The van der Waals surface area contributed by atoms with Crippen LogP contribution in [-0.4, -0.2) is 18.2 Å². The predicted molar refractivity (Wildman–Crippen MR) is 78.5 cm³/mol. The summed E-state index contributed by atoms with van der Waals surface area (Å²) in [4.78, 5) is 0. The van der Waals surface area contributed by atoms with Crippen molar-refractivity contribution in [2.45, 2.75) is 18.8 Å². The van der Waals surface area contributed by atoms with E-state index in [2.05, 4.69) is 42.1 Å². The van der Waals surface area contributed by atoms with Gasteiger partial charge in [0.15, 0.2) is 0 Å². The monoisotopic (exact) mass is 258 g/mol. The average molecular weight is 258 g/mol. The molecule has 0 saturated carbocycles. The number of nitrogens with two attached hydrogens (primary N) is 1. The highest BCUT2D eigenvalue weighted by atomic mass is 16.5. The van der Waals surface area contributed by atoms with Gasteiger partial charge in [0.05, 0.1) is 7.11 Å². The molecule has 1 unspecified atom stereocenters. The smallest absolute Gasteiger partial charge is 0.118 e. The average Bonchev–Trinajstić information content (AvgIpc) is 2.87. The zero-order valence-electron chi connectivity index (χ0n) is 11.7. The van der Waals surface area contributed by atoms with Crippen LogP contribution in [0.25, 0.3) is 0 Å². The molecule has 0 fully saturated rings. The summed E-state index contributed by atoms with van der Waals surface area (Å²) in [5.41, 5.74) is 8.55. The first-order chi connectivity index (χ1) is 9.24. The van der Waals surface area contributed by atoms with E-state index in [0.29, 0.717) is 12.5 Å². The highest BCUT2D eigenvalue weighted by Gasteiger charge is 2.12. The quantitative estimate of drug-likeness (QED) is 0.865. The van der Waals surface area contributed by atoms with E-state index in [-0.39, 0.29) is 0 Å². The number of ether oxygens (including phenoxy) is 1. The van der Waals surface area contributed by atoms with Gasteiger partial charge in [-0.3, -0.25) is 0 Å². The molecule has 3 heteroatoms. The number of nitrogens with zero attached hydrogens (tertiary/aromatic N) is 1. The van der Waals surface area contributed by atoms with Crippen LogP contribution in [0.5, 0.6) is 5.75 Å². The van der Waals surface area contributed by atoms with E-state index in [1.807, 2.05) is 12.1 Å². The number of aromatic nitrogens is 1. The van der Waals surface area contributed by atoms with Gasteiger partial charge in [-0.1, -0.05) is 12.1 Å². The SMILES string of the molecule is COc1ccc(CCC(CN)c2cccn2C)cc1. The van der Waals surface area contributed by atoms with Crippen LogP contribution in [0.1, 0.15) is 23.6 Å². The molecule has 0 amide bonds. The van der Waals surface area contributed by atoms with Crippen molar-refractivity contribution in [1.82, 2.24) is 4.57 Å². The predicted octanol–water partition coefficient (Wildman–Crippen LogP) is 2.71. The molecule has 1 aromatic heterocycles. The molecule has 0 aliphatic carbocycles. The van der Waals surface area contributed by atoms with Gasteiger partial charge in [-0.05, 0) is 42.7 Å².